The third-order valence-electron chi connectivity index (χ3n) is 4.49. The van der Waals surface area contributed by atoms with Crippen LogP contribution in [0.1, 0.15) is 31.4 Å². The minimum absolute atomic E-state index is 0.00151. The highest BCUT2D eigenvalue weighted by Crippen LogP contribution is 2.30. The molecular formula is C16H22FNO2. The van der Waals surface area contributed by atoms with Crippen molar-refractivity contribution in [2.24, 2.45) is 5.92 Å². The van der Waals surface area contributed by atoms with E-state index in [1.807, 2.05) is 6.07 Å². The van der Waals surface area contributed by atoms with Crippen LogP contribution in [0.2, 0.25) is 0 Å². The Morgan fingerprint density at radius 2 is 1.90 bits per heavy atom. The van der Waals surface area contributed by atoms with Crippen molar-refractivity contribution in [1.82, 2.24) is 4.90 Å². The summed E-state index contributed by atoms with van der Waals surface area (Å²) in [5.41, 5.74) is 1.05. The first kappa shape index (κ1) is 14.0. The monoisotopic (exact) mass is 279 g/mol. The van der Waals surface area contributed by atoms with Crippen molar-refractivity contribution >= 4 is 0 Å². The summed E-state index contributed by atoms with van der Waals surface area (Å²) in [7, 11) is 0. The smallest absolute Gasteiger partial charge is 0.160 e. The fraction of sp³-hybridized carbons (Fsp3) is 0.625. The van der Waals surface area contributed by atoms with E-state index in [1.165, 1.54) is 6.07 Å². The van der Waals surface area contributed by atoms with E-state index in [2.05, 4.69) is 11.8 Å². The van der Waals surface area contributed by atoms with Gasteiger partial charge >= 0.3 is 0 Å². The van der Waals surface area contributed by atoms with E-state index in [4.69, 9.17) is 9.47 Å². The molecular weight excluding hydrogens is 257 g/mol. The summed E-state index contributed by atoms with van der Waals surface area (Å²) < 4.78 is 24.5. The van der Waals surface area contributed by atoms with Crippen molar-refractivity contribution < 1.29 is 13.9 Å². The molecule has 110 valence electrons. The molecule has 20 heavy (non-hydrogen) atoms. The molecule has 2 aliphatic rings. The molecule has 1 unspecified atom stereocenters. The van der Waals surface area contributed by atoms with E-state index in [0.29, 0.717) is 5.92 Å². The van der Waals surface area contributed by atoms with Gasteiger partial charge in [-0.05, 0) is 50.6 Å². The number of hydrogen-bond donors (Lipinski definition) is 0. The van der Waals surface area contributed by atoms with Gasteiger partial charge in [-0.1, -0.05) is 12.1 Å². The zero-order chi connectivity index (χ0) is 13.9. The molecule has 3 rings (SSSR count). The molecule has 2 fully saturated rings. The van der Waals surface area contributed by atoms with Crippen LogP contribution >= 0.6 is 0 Å². The number of likely N-dealkylation sites (tertiary alicyclic amines) is 1. The molecule has 2 saturated heterocycles. The van der Waals surface area contributed by atoms with E-state index in [-0.39, 0.29) is 18.1 Å². The van der Waals surface area contributed by atoms with Gasteiger partial charge in [0, 0.05) is 12.0 Å². The number of nitrogens with zero attached hydrogens (tertiary/aromatic N) is 1. The molecule has 0 N–H and O–H groups in total. The molecule has 0 amide bonds. The number of benzene rings is 1. The van der Waals surface area contributed by atoms with Crippen molar-refractivity contribution in [3.63, 3.8) is 0 Å². The first-order valence-corrected chi connectivity index (χ1v) is 7.47. The predicted molar refractivity (Wildman–Crippen MR) is 74.8 cm³/mol. The highest BCUT2D eigenvalue weighted by molar-refractivity contribution is 5.19. The molecule has 0 aliphatic carbocycles. The molecule has 2 heterocycles. The quantitative estimate of drug-likeness (QED) is 0.849. The molecule has 0 radical (unpaired) electrons. The summed E-state index contributed by atoms with van der Waals surface area (Å²) in [6, 6.07) is 7.19. The second kappa shape index (κ2) is 6.20. The van der Waals surface area contributed by atoms with E-state index < -0.39 is 0 Å². The maximum Gasteiger partial charge on any atom is 0.160 e. The minimum Gasteiger partial charge on any atom is -0.350 e. The minimum atomic E-state index is -0.156. The van der Waals surface area contributed by atoms with Gasteiger partial charge in [0.25, 0.3) is 0 Å². The first-order valence-electron chi connectivity index (χ1n) is 7.47. The lowest BCUT2D eigenvalue weighted by molar-refractivity contribution is -0.0992. The van der Waals surface area contributed by atoms with Gasteiger partial charge < -0.3 is 9.47 Å². The van der Waals surface area contributed by atoms with Gasteiger partial charge in [-0.15, -0.1) is 0 Å². The maximum absolute atomic E-state index is 13.3. The van der Waals surface area contributed by atoms with Gasteiger partial charge in [0.2, 0.25) is 0 Å². The largest absolute Gasteiger partial charge is 0.350 e. The Labute approximate surface area is 119 Å². The molecule has 3 nitrogen and oxygen atoms in total. The number of rotatable bonds is 3. The Bertz CT molecular complexity index is 440. The SMILES string of the molecule is CC(c1cccc(F)c1)N1CCC(C2OCCO2)CC1. The highest BCUT2D eigenvalue weighted by Gasteiger charge is 2.31. The maximum atomic E-state index is 13.3. The fourth-order valence-corrected chi connectivity index (χ4v) is 3.20. The van der Waals surface area contributed by atoms with Crippen molar-refractivity contribution in [1.29, 1.82) is 0 Å². The lowest BCUT2D eigenvalue weighted by Crippen LogP contribution is -2.39. The van der Waals surface area contributed by atoms with E-state index in [9.17, 15) is 4.39 Å². The number of hydrogen-bond acceptors (Lipinski definition) is 3. The fourth-order valence-electron chi connectivity index (χ4n) is 3.20. The molecule has 0 spiro atoms. The standard InChI is InChI=1S/C16H22FNO2/c1-12(14-3-2-4-15(17)11-14)18-7-5-13(6-8-18)16-19-9-10-20-16/h2-4,11-13,16H,5-10H2,1H3. The average molecular weight is 279 g/mol. The predicted octanol–water partition coefficient (Wildman–Crippen LogP) is 2.97. The van der Waals surface area contributed by atoms with E-state index >= 15 is 0 Å². The lowest BCUT2D eigenvalue weighted by atomic mass is 9.94. The van der Waals surface area contributed by atoms with Crippen molar-refractivity contribution in [3.8, 4) is 0 Å². The van der Waals surface area contributed by atoms with Crippen molar-refractivity contribution in [2.75, 3.05) is 26.3 Å². The van der Waals surface area contributed by atoms with Crippen molar-refractivity contribution in [2.45, 2.75) is 32.1 Å². The molecule has 1 atom stereocenters. The molecule has 1 aromatic carbocycles. The second-order valence-electron chi connectivity index (χ2n) is 5.71. The van der Waals surface area contributed by atoms with Crippen LogP contribution in [0.3, 0.4) is 0 Å². The topological polar surface area (TPSA) is 21.7 Å². The third-order valence-corrected chi connectivity index (χ3v) is 4.49. The zero-order valence-electron chi connectivity index (χ0n) is 11.9. The number of halogens is 1. The summed E-state index contributed by atoms with van der Waals surface area (Å²) in [6.07, 6.45) is 2.18. The molecule has 4 heteroatoms. The van der Waals surface area contributed by atoms with Crippen LogP contribution in [0, 0.1) is 11.7 Å². The average Bonchev–Trinajstić information content (AvgIpc) is 3.01. The van der Waals surface area contributed by atoms with Crippen LogP contribution in [-0.2, 0) is 9.47 Å². The summed E-state index contributed by atoms with van der Waals surface area (Å²) >= 11 is 0. The summed E-state index contributed by atoms with van der Waals surface area (Å²) in [5.74, 6) is 0.352. The summed E-state index contributed by atoms with van der Waals surface area (Å²) in [5, 5.41) is 0. The Morgan fingerprint density at radius 3 is 2.55 bits per heavy atom. The van der Waals surface area contributed by atoms with Crippen LogP contribution < -0.4 is 0 Å². The van der Waals surface area contributed by atoms with Crippen LogP contribution in [0.5, 0.6) is 0 Å². The van der Waals surface area contributed by atoms with Gasteiger partial charge in [0.05, 0.1) is 13.2 Å². The molecule has 2 aliphatic heterocycles. The normalized spacial score (nSPS) is 24.1. The van der Waals surface area contributed by atoms with Crippen LogP contribution in [0.25, 0.3) is 0 Å². The third kappa shape index (κ3) is 3.03. The number of piperidine rings is 1. The van der Waals surface area contributed by atoms with Crippen LogP contribution in [-0.4, -0.2) is 37.5 Å². The molecule has 0 bridgehead atoms. The highest BCUT2D eigenvalue weighted by atomic mass is 19.1. The van der Waals surface area contributed by atoms with Gasteiger partial charge in [-0.25, -0.2) is 4.39 Å². The first-order chi connectivity index (χ1) is 9.74. The lowest BCUT2D eigenvalue weighted by Gasteiger charge is -2.37. The van der Waals surface area contributed by atoms with Crippen LogP contribution in [0.4, 0.5) is 4.39 Å². The van der Waals surface area contributed by atoms with Crippen LogP contribution in [0.15, 0.2) is 24.3 Å². The summed E-state index contributed by atoms with van der Waals surface area (Å²) in [6.45, 7) is 5.64. The Morgan fingerprint density at radius 1 is 1.20 bits per heavy atom. The van der Waals surface area contributed by atoms with Gasteiger partial charge in [0.15, 0.2) is 6.29 Å². The Hall–Kier alpha value is -0.970. The van der Waals surface area contributed by atoms with Gasteiger partial charge in [-0.2, -0.15) is 0 Å². The second-order valence-corrected chi connectivity index (χ2v) is 5.71. The van der Waals surface area contributed by atoms with E-state index in [0.717, 1.165) is 44.7 Å². The van der Waals surface area contributed by atoms with Gasteiger partial charge in [-0.3, -0.25) is 4.90 Å². The van der Waals surface area contributed by atoms with Gasteiger partial charge in [0.1, 0.15) is 5.82 Å². The molecule has 1 aromatic rings. The van der Waals surface area contributed by atoms with Crippen molar-refractivity contribution in [3.05, 3.63) is 35.6 Å². The Kier molecular flexibility index (Phi) is 4.34. The summed E-state index contributed by atoms with van der Waals surface area (Å²) in [4.78, 5) is 2.42. The Balaban J connectivity index is 1.57. The zero-order valence-corrected chi connectivity index (χ0v) is 11.9. The molecule has 0 aromatic heterocycles. The number of ether oxygens (including phenoxy) is 2. The van der Waals surface area contributed by atoms with E-state index in [1.54, 1.807) is 12.1 Å². The molecule has 0 saturated carbocycles.